The van der Waals surface area contributed by atoms with Crippen LogP contribution in [0.25, 0.3) is 0 Å². The Kier molecular flexibility index (Phi) is 5.23. The molecule has 1 heterocycles. The van der Waals surface area contributed by atoms with Gasteiger partial charge >= 0.3 is 0 Å². The van der Waals surface area contributed by atoms with Crippen LogP contribution in [0.5, 0.6) is 0 Å². The minimum atomic E-state index is 0.256. The highest BCUT2D eigenvalue weighted by molar-refractivity contribution is 5.56. The molecular formula is C16H26N2O. The van der Waals surface area contributed by atoms with E-state index in [0.717, 1.165) is 26.1 Å². The first-order chi connectivity index (χ1) is 9.24. The number of hydrogen-bond donors (Lipinski definition) is 2. The molecule has 1 aromatic carbocycles. The average Bonchev–Trinajstić information content (AvgIpc) is 2.39. The van der Waals surface area contributed by atoms with Gasteiger partial charge in [-0.1, -0.05) is 24.6 Å². The van der Waals surface area contributed by atoms with Crippen LogP contribution >= 0.6 is 0 Å². The quantitative estimate of drug-likeness (QED) is 0.824. The highest BCUT2D eigenvalue weighted by atomic mass is 16.3. The summed E-state index contributed by atoms with van der Waals surface area (Å²) < 4.78 is 0. The zero-order valence-corrected chi connectivity index (χ0v) is 12.2. The lowest BCUT2D eigenvalue weighted by Crippen LogP contribution is -2.43. The fraction of sp³-hybridized carbons (Fsp3) is 0.625. The van der Waals surface area contributed by atoms with Crippen molar-refractivity contribution in [1.82, 2.24) is 5.32 Å². The fourth-order valence-electron chi connectivity index (χ4n) is 2.96. The van der Waals surface area contributed by atoms with E-state index in [1.807, 2.05) is 0 Å². The third kappa shape index (κ3) is 3.71. The van der Waals surface area contributed by atoms with Gasteiger partial charge in [0.05, 0.1) is 0 Å². The van der Waals surface area contributed by atoms with E-state index in [1.54, 1.807) is 0 Å². The standard InChI is InChI=1S/C16H26N2O/c1-3-17-15(8-10-19)12-18-9-4-5-14-11-13(2)6-7-16(14)18/h6-7,11,15,17,19H,3-5,8-10,12H2,1-2H3. The smallest absolute Gasteiger partial charge is 0.0446 e. The lowest BCUT2D eigenvalue weighted by molar-refractivity contribution is 0.265. The van der Waals surface area contributed by atoms with Crippen molar-refractivity contribution in [2.75, 3.05) is 31.1 Å². The van der Waals surface area contributed by atoms with E-state index in [2.05, 4.69) is 42.3 Å². The van der Waals surface area contributed by atoms with Crippen molar-refractivity contribution in [3.05, 3.63) is 29.3 Å². The summed E-state index contributed by atoms with van der Waals surface area (Å²) in [6.07, 6.45) is 3.25. The number of rotatable bonds is 6. The lowest BCUT2D eigenvalue weighted by atomic mass is 9.99. The molecule has 1 aliphatic rings. The highest BCUT2D eigenvalue weighted by Crippen LogP contribution is 2.28. The molecule has 0 fully saturated rings. The van der Waals surface area contributed by atoms with Gasteiger partial charge in [0.2, 0.25) is 0 Å². The summed E-state index contributed by atoms with van der Waals surface area (Å²) in [6, 6.07) is 7.15. The maximum Gasteiger partial charge on any atom is 0.0446 e. The Balaban J connectivity index is 2.09. The second-order valence-corrected chi connectivity index (χ2v) is 5.45. The summed E-state index contributed by atoms with van der Waals surface area (Å²) in [5.74, 6) is 0. The predicted octanol–water partition coefficient (Wildman–Crippen LogP) is 2.11. The third-order valence-electron chi connectivity index (χ3n) is 3.86. The molecule has 2 rings (SSSR count). The summed E-state index contributed by atoms with van der Waals surface area (Å²) in [6.45, 7) is 7.61. The number of aryl methyl sites for hydroxylation is 2. The van der Waals surface area contributed by atoms with Crippen LogP contribution in [0.4, 0.5) is 5.69 Å². The van der Waals surface area contributed by atoms with Gasteiger partial charge in [-0.2, -0.15) is 0 Å². The van der Waals surface area contributed by atoms with Crippen molar-refractivity contribution < 1.29 is 5.11 Å². The van der Waals surface area contributed by atoms with Crippen LogP contribution in [-0.4, -0.2) is 37.4 Å². The molecule has 1 aromatic rings. The van der Waals surface area contributed by atoms with Crippen molar-refractivity contribution in [3.63, 3.8) is 0 Å². The van der Waals surface area contributed by atoms with Gasteiger partial charge in [0, 0.05) is 31.4 Å². The number of benzene rings is 1. The molecule has 0 saturated carbocycles. The van der Waals surface area contributed by atoms with Crippen molar-refractivity contribution in [2.24, 2.45) is 0 Å². The Morgan fingerprint density at radius 3 is 3.00 bits per heavy atom. The summed E-state index contributed by atoms with van der Waals surface area (Å²) in [7, 11) is 0. The first kappa shape index (κ1) is 14.4. The van der Waals surface area contributed by atoms with Gasteiger partial charge in [-0.05, 0) is 44.4 Å². The molecule has 0 aromatic heterocycles. The summed E-state index contributed by atoms with van der Waals surface area (Å²) in [5.41, 5.74) is 4.21. The molecule has 19 heavy (non-hydrogen) atoms. The molecule has 1 atom stereocenters. The molecule has 3 heteroatoms. The van der Waals surface area contributed by atoms with Gasteiger partial charge in [-0.15, -0.1) is 0 Å². The molecule has 2 N–H and O–H groups in total. The number of nitrogens with zero attached hydrogens (tertiary/aromatic N) is 1. The molecule has 0 amide bonds. The Labute approximate surface area is 116 Å². The molecule has 0 bridgehead atoms. The van der Waals surface area contributed by atoms with Crippen molar-refractivity contribution in [3.8, 4) is 0 Å². The number of fused-ring (bicyclic) bond motifs is 1. The second kappa shape index (κ2) is 6.92. The van der Waals surface area contributed by atoms with Crippen molar-refractivity contribution >= 4 is 5.69 Å². The molecule has 0 aliphatic carbocycles. The first-order valence-electron chi connectivity index (χ1n) is 7.43. The van der Waals surface area contributed by atoms with Crippen LogP contribution < -0.4 is 10.2 Å². The van der Waals surface area contributed by atoms with Gasteiger partial charge in [0.25, 0.3) is 0 Å². The number of anilines is 1. The molecule has 1 unspecified atom stereocenters. The average molecular weight is 262 g/mol. The number of hydrogen-bond acceptors (Lipinski definition) is 3. The first-order valence-corrected chi connectivity index (χ1v) is 7.43. The van der Waals surface area contributed by atoms with Crippen LogP contribution in [0.2, 0.25) is 0 Å². The van der Waals surface area contributed by atoms with Crippen LogP contribution in [0.15, 0.2) is 18.2 Å². The van der Waals surface area contributed by atoms with Crippen LogP contribution in [0, 0.1) is 6.92 Å². The summed E-state index contributed by atoms with van der Waals surface area (Å²) in [5, 5.41) is 12.6. The zero-order valence-electron chi connectivity index (χ0n) is 12.2. The maximum absolute atomic E-state index is 9.17. The highest BCUT2D eigenvalue weighted by Gasteiger charge is 2.19. The molecule has 3 nitrogen and oxygen atoms in total. The third-order valence-corrected chi connectivity index (χ3v) is 3.86. The van der Waals surface area contributed by atoms with E-state index >= 15 is 0 Å². The minimum Gasteiger partial charge on any atom is -0.396 e. The Hall–Kier alpha value is -1.06. The second-order valence-electron chi connectivity index (χ2n) is 5.45. The number of likely N-dealkylation sites (N-methyl/N-ethyl adjacent to an activating group) is 1. The van der Waals surface area contributed by atoms with E-state index in [-0.39, 0.29) is 6.61 Å². The van der Waals surface area contributed by atoms with E-state index in [1.165, 1.54) is 29.7 Å². The summed E-state index contributed by atoms with van der Waals surface area (Å²) in [4.78, 5) is 2.47. The predicted molar refractivity (Wildman–Crippen MR) is 80.9 cm³/mol. The molecule has 0 radical (unpaired) electrons. The number of aliphatic hydroxyl groups excluding tert-OH is 1. The van der Waals surface area contributed by atoms with E-state index in [9.17, 15) is 0 Å². The van der Waals surface area contributed by atoms with Crippen LogP contribution in [0.1, 0.15) is 30.9 Å². The molecule has 0 spiro atoms. The Morgan fingerprint density at radius 1 is 1.42 bits per heavy atom. The molecule has 0 saturated heterocycles. The molecule has 1 aliphatic heterocycles. The van der Waals surface area contributed by atoms with E-state index in [0.29, 0.717) is 6.04 Å². The minimum absolute atomic E-state index is 0.256. The fourth-order valence-corrected chi connectivity index (χ4v) is 2.96. The van der Waals surface area contributed by atoms with Gasteiger partial charge in [0.1, 0.15) is 0 Å². The molecular weight excluding hydrogens is 236 g/mol. The Bertz CT molecular complexity index is 400. The number of aliphatic hydroxyl groups is 1. The van der Waals surface area contributed by atoms with Gasteiger partial charge in [-0.3, -0.25) is 0 Å². The van der Waals surface area contributed by atoms with Gasteiger partial charge in [-0.25, -0.2) is 0 Å². The monoisotopic (exact) mass is 262 g/mol. The Morgan fingerprint density at radius 2 is 2.26 bits per heavy atom. The molecule has 106 valence electrons. The normalized spacial score (nSPS) is 16.3. The van der Waals surface area contributed by atoms with Gasteiger partial charge in [0.15, 0.2) is 0 Å². The van der Waals surface area contributed by atoms with Gasteiger partial charge < -0.3 is 15.3 Å². The van der Waals surface area contributed by atoms with Crippen LogP contribution in [0.3, 0.4) is 0 Å². The largest absolute Gasteiger partial charge is 0.396 e. The van der Waals surface area contributed by atoms with Crippen molar-refractivity contribution in [2.45, 2.75) is 39.2 Å². The number of nitrogens with one attached hydrogen (secondary N) is 1. The topological polar surface area (TPSA) is 35.5 Å². The van der Waals surface area contributed by atoms with Crippen molar-refractivity contribution in [1.29, 1.82) is 0 Å². The van der Waals surface area contributed by atoms with Crippen LogP contribution in [-0.2, 0) is 6.42 Å². The maximum atomic E-state index is 9.17. The van der Waals surface area contributed by atoms with E-state index in [4.69, 9.17) is 5.11 Å². The lowest BCUT2D eigenvalue weighted by Gasteiger charge is -2.34. The zero-order chi connectivity index (χ0) is 13.7. The summed E-state index contributed by atoms with van der Waals surface area (Å²) >= 11 is 0. The van der Waals surface area contributed by atoms with E-state index < -0.39 is 0 Å². The SMILES string of the molecule is CCNC(CCO)CN1CCCc2cc(C)ccc21.